The molecule has 1 atom stereocenters. The number of aliphatic hydroxyl groups excluding tert-OH is 1. The standard InChI is InChI=1S/C8H17NOS/c1-6(2)8(10)7(9)4-5-11-3/h7,10H,4-5,9H2,1-3H3/t7-/m1/s1. The number of allylic oxidation sites excluding steroid dienone is 1. The third-order valence-corrected chi connectivity index (χ3v) is 2.14. The minimum Gasteiger partial charge on any atom is -0.511 e. The number of rotatable bonds is 4. The molecule has 0 saturated heterocycles. The van der Waals surface area contributed by atoms with Crippen molar-refractivity contribution < 1.29 is 5.11 Å². The fourth-order valence-corrected chi connectivity index (χ4v) is 1.24. The third kappa shape index (κ3) is 4.32. The van der Waals surface area contributed by atoms with E-state index in [9.17, 15) is 5.11 Å². The first-order valence-electron chi connectivity index (χ1n) is 3.70. The largest absolute Gasteiger partial charge is 0.511 e. The van der Waals surface area contributed by atoms with E-state index >= 15 is 0 Å². The molecule has 0 aromatic heterocycles. The van der Waals surface area contributed by atoms with Crippen molar-refractivity contribution in [1.82, 2.24) is 0 Å². The van der Waals surface area contributed by atoms with Crippen molar-refractivity contribution in [3.63, 3.8) is 0 Å². The Bertz CT molecular complexity index is 141. The minimum absolute atomic E-state index is 0.174. The molecule has 0 amide bonds. The summed E-state index contributed by atoms with van der Waals surface area (Å²) in [5.74, 6) is 1.34. The first-order valence-corrected chi connectivity index (χ1v) is 5.09. The van der Waals surface area contributed by atoms with Gasteiger partial charge in [0, 0.05) is 0 Å². The van der Waals surface area contributed by atoms with Crippen LogP contribution in [0, 0.1) is 0 Å². The van der Waals surface area contributed by atoms with Crippen LogP contribution in [0.5, 0.6) is 0 Å². The Morgan fingerprint density at radius 3 is 2.45 bits per heavy atom. The van der Waals surface area contributed by atoms with Gasteiger partial charge in [-0.2, -0.15) is 11.8 Å². The van der Waals surface area contributed by atoms with Crippen molar-refractivity contribution >= 4 is 11.8 Å². The van der Waals surface area contributed by atoms with Crippen molar-refractivity contribution in [2.45, 2.75) is 26.3 Å². The number of hydrogen-bond donors (Lipinski definition) is 2. The van der Waals surface area contributed by atoms with Gasteiger partial charge in [0.25, 0.3) is 0 Å². The molecule has 0 radical (unpaired) electrons. The molecule has 3 heteroatoms. The molecule has 0 aliphatic carbocycles. The van der Waals surface area contributed by atoms with Crippen LogP contribution < -0.4 is 5.73 Å². The highest BCUT2D eigenvalue weighted by Gasteiger charge is 2.07. The van der Waals surface area contributed by atoms with Crippen LogP contribution >= 0.6 is 11.8 Å². The molecule has 0 saturated carbocycles. The van der Waals surface area contributed by atoms with Gasteiger partial charge in [-0.3, -0.25) is 0 Å². The topological polar surface area (TPSA) is 46.2 Å². The van der Waals surface area contributed by atoms with E-state index in [0.29, 0.717) is 5.76 Å². The van der Waals surface area contributed by atoms with Crippen LogP contribution in [0.4, 0.5) is 0 Å². The third-order valence-electron chi connectivity index (χ3n) is 1.50. The molecule has 0 unspecified atom stereocenters. The Morgan fingerprint density at radius 1 is 1.55 bits per heavy atom. The Labute approximate surface area is 72.9 Å². The molecule has 3 N–H and O–H groups in total. The molecule has 0 fully saturated rings. The van der Waals surface area contributed by atoms with Crippen LogP contribution in [-0.2, 0) is 0 Å². The molecule has 0 heterocycles. The Balaban J connectivity index is 3.83. The molecule has 0 aromatic carbocycles. The number of thioether (sulfide) groups is 1. The zero-order valence-electron chi connectivity index (χ0n) is 7.42. The van der Waals surface area contributed by atoms with Crippen molar-refractivity contribution in [2.24, 2.45) is 5.73 Å². The Kier molecular flexibility index (Phi) is 5.42. The van der Waals surface area contributed by atoms with Gasteiger partial charge in [-0.1, -0.05) is 0 Å². The molecule has 0 rings (SSSR count). The predicted octanol–water partition coefficient (Wildman–Crippen LogP) is 1.92. The van der Waals surface area contributed by atoms with E-state index in [1.165, 1.54) is 0 Å². The maximum atomic E-state index is 9.37. The molecular formula is C8H17NOS. The normalized spacial score (nSPS) is 12.7. The van der Waals surface area contributed by atoms with E-state index in [0.717, 1.165) is 17.7 Å². The van der Waals surface area contributed by atoms with E-state index in [4.69, 9.17) is 5.73 Å². The van der Waals surface area contributed by atoms with Crippen LogP contribution in [0.2, 0.25) is 0 Å². The highest BCUT2D eigenvalue weighted by atomic mass is 32.2. The lowest BCUT2D eigenvalue weighted by Crippen LogP contribution is -2.24. The summed E-state index contributed by atoms with van der Waals surface area (Å²) in [5.41, 5.74) is 6.60. The van der Waals surface area contributed by atoms with Crippen LogP contribution in [-0.4, -0.2) is 23.2 Å². The summed E-state index contributed by atoms with van der Waals surface area (Å²) < 4.78 is 0. The molecule has 0 spiro atoms. The van der Waals surface area contributed by atoms with Crippen molar-refractivity contribution in [3.8, 4) is 0 Å². The summed E-state index contributed by atoms with van der Waals surface area (Å²) in [5, 5.41) is 9.37. The van der Waals surface area contributed by atoms with Gasteiger partial charge >= 0.3 is 0 Å². The van der Waals surface area contributed by atoms with E-state index in [2.05, 4.69) is 0 Å². The fourth-order valence-electron chi connectivity index (χ4n) is 0.752. The Morgan fingerprint density at radius 2 is 2.09 bits per heavy atom. The van der Waals surface area contributed by atoms with E-state index < -0.39 is 0 Å². The van der Waals surface area contributed by atoms with E-state index in [1.54, 1.807) is 11.8 Å². The lowest BCUT2D eigenvalue weighted by molar-refractivity contribution is 0.357. The van der Waals surface area contributed by atoms with Gasteiger partial charge in [0.1, 0.15) is 5.76 Å². The molecular weight excluding hydrogens is 158 g/mol. The smallest absolute Gasteiger partial charge is 0.108 e. The Hall–Kier alpha value is -0.150. The number of hydrogen-bond acceptors (Lipinski definition) is 3. The molecule has 0 bridgehead atoms. The maximum Gasteiger partial charge on any atom is 0.108 e. The number of aliphatic hydroxyl groups is 1. The molecule has 0 aliphatic heterocycles. The minimum atomic E-state index is -0.174. The zero-order chi connectivity index (χ0) is 8.85. The quantitative estimate of drug-likeness (QED) is 0.642. The van der Waals surface area contributed by atoms with Crippen LogP contribution in [0.15, 0.2) is 11.3 Å². The van der Waals surface area contributed by atoms with Gasteiger partial charge in [0.05, 0.1) is 6.04 Å². The van der Waals surface area contributed by atoms with E-state index in [1.807, 2.05) is 20.1 Å². The lowest BCUT2D eigenvalue weighted by atomic mass is 10.1. The van der Waals surface area contributed by atoms with Crippen LogP contribution in [0.1, 0.15) is 20.3 Å². The summed E-state index contributed by atoms with van der Waals surface area (Å²) in [6.45, 7) is 3.74. The molecule has 11 heavy (non-hydrogen) atoms. The second-order valence-electron chi connectivity index (χ2n) is 2.77. The van der Waals surface area contributed by atoms with Gasteiger partial charge < -0.3 is 10.8 Å². The molecule has 66 valence electrons. The highest BCUT2D eigenvalue weighted by molar-refractivity contribution is 7.98. The van der Waals surface area contributed by atoms with Crippen LogP contribution in [0.3, 0.4) is 0 Å². The van der Waals surface area contributed by atoms with E-state index in [-0.39, 0.29) is 6.04 Å². The monoisotopic (exact) mass is 175 g/mol. The van der Waals surface area contributed by atoms with Crippen molar-refractivity contribution in [1.29, 1.82) is 0 Å². The summed E-state index contributed by atoms with van der Waals surface area (Å²) >= 11 is 1.75. The second kappa shape index (κ2) is 5.49. The van der Waals surface area contributed by atoms with Crippen LogP contribution in [0.25, 0.3) is 0 Å². The highest BCUT2D eigenvalue weighted by Crippen LogP contribution is 2.08. The van der Waals surface area contributed by atoms with Gasteiger partial charge in [0.15, 0.2) is 0 Å². The molecule has 0 aliphatic rings. The average Bonchev–Trinajstić information content (AvgIpc) is 1.98. The molecule has 0 aromatic rings. The van der Waals surface area contributed by atoms with Crippen molar-refractivity contribution in [3.05, 3.63) is 11.3 Å². The van der Waals surface area contributed by atoms with Gasteiger partial charge in [-0.15, -0.1) is 0 Å². The van der Waals surface area contributed by atoms with Gasteiger partial charge in [-0.05, 0) is 37.9 Å². The lowest BCUT2D eigenvalue weighted by Gasteiger charge is -2.10. The predicted molar refractivity (Wildman–Crippen MR) is 52.0 cm³/mol. The SMILES string of the molecule is CSCC[C@@H](N)C(O)=C(C)C. The maximum absolute atomic E-state index is 9.37. The van der Waals surface area contributed by atoms with Crippen molar-refractivity contribution in [2.75, 3.05) is 12.0 Å². The van der Waals surface area contributed by atoms with Gasteiger partial charge in [-0.25, -0.2) is 0 Å². The summed E-state index contributed by atoms with van der Waals surface area (Å²) in [6.07, 6.45) is 2.88. The number of nitrogens with two attached hydrogens (primary N) is 1. The summed E-state index contributed by atoms with van der Waals surface area (Å²) in [7, 11) is 0. The summed E-state index contributed by atoms with van der Waals surface area (Å²) in [6, 6.07) is -0.174. The van der Waals surface area contributed by atoms with Gasteiger partial charge in [0.2, 0.25) is 0 Å². The first kappa shape index (κ1) is 10.8. The first-order chi connectivity index (χ1) is 5.09. The fraction of sp³-hybridized carbons (Fsp3) is 0.750. The molecule has 2 nitrogen and oxygen atoms in total. The summed E-state index contributed by atoms with van der Waals surface area (Å²) in [4.78, 5) is 0. The second-order valence-corrected chi connectivity index (χ2v) is 3.76. The zero-order valence-corrected chi connectivity index (χ0v) is 8.24. The average molecular weight is 175 g/mol.